The third kappa shape index (κ3) is 1.64. The number of nitrogens with one attached hydrogen (secondary N) is 1. The van der Waals surface area contributed by atoms with Gasteiger partial charge < -0.3 is 4.98 Å². The first-order chi connectivity index (χ1) is 8.18. The van der Waals surface area contributed by atoms with Gasteiger partial charge in [0.15, 0.2) is 5.43 Å². The van der Waals surface area contributed by atoms with Crippen LogP contribution in [0.2, 0.25) is 0 Å². The number of benzene rings is 1. The van der Waals surface area contributed by atoms with Crippen LogP contribution in [0.5, 0.6) is 0 Å². The van der Waals surface area contributed by atoms with Crippen LogP contribution in [0.15, 0.2) is 21.4 Å². The Kier molecular flexibility index (Phi) is 2.58. The molecule has 1 aliphatic rings. The molecule has 0 saturated carbocycles. The molecule has 1 aromatic heterocycles. The van der Waals surface area contributed by atoms with E-state index in [-0.39, 0.29) is 5.43 Å². The Bertz CT molecular complexity index is 657. The SMILES string of the molecule is Cc1ccc2c(=O)c3c([nH]c2c1Br)CCCC3. The molecule has 0 aliphatic heterocycles. The molecule has 88 valence electrons. The topological polar surface area (TPSA) is 32.9 Å². The summed E-state index contributed by atoms with van der Waals surface area (Å²) in [4.78, 5) is 15.8. The molecule has 3 heteroatoms. The summed E-state index contributed by atoms with van der Waals surface area (Å²) in [7, 11) is 0. The van der Waals surface area contributed by atoms with Gasteiger partial charge >= 0.3 is 0 Å². The van der Waals surface area contributed by atoms with Gasteiger partial charge in [0.2, 0.25) is 0 Å². The van der Waals surface area contributed by atoms with Crippen LogP contribution in [0.25, 0.3) is 10.9 Å². The van der Waals surface area contributed by atoms with Crippen LogP contribution >= 0.6 is 15.9 Å². The van der Waals surface area contributed by atoms with Crippen LogP contribution in [-0.4, -0.2) is 4.98 Å². The van der Waals surface area contributed by atoms with E-state index in [0.717, 1.165) is 51.5 Å². The smallest absolute Gasteiger partial charge is 0.192 e. The van der Waals surface area contributed by atoms with Crippen molar-refractivity contribution in [3.8, 4) is 0 Å². The largest absolute Gasteiger partial charge is 0.357 e. The first-order valence-corrected chi connectivity index (χ1v) is 6.80. The van der Waals surface area contributed by atoms with Crippen LogP contribution in [0, 0.1) is 6.92 Å². The zero-order valence-corrected chi connectivity index (χ0v) is 11.4. The van der Waals surface area contributed by atoms with E-state index in [1.54, 1.807) is 0 Å². The van der Waals surface area contributed by atoms with E-state index in [2.05, 4.69) is 20.9 Å². The van der Waals surface area contributed by atoms with Crippen molar-refractivity contribution < 1.29 is 0 Å². The average molecular weight is 292 g/mol. The van der Waals surface area contributed by atoms with Gasteiger partial charge in [-0.15, -0.1) is 0 Å². The average Bonchev–Trinajstić information content (AvgIpc) is 2.35. The summed E-state index contributed by atoms with van der Waals surface area (Å²) in [5.74, 6) is 0. The van der Waals surface area contributed by atoms with Crippen molar-refractivity contribution in [2.24, 2.45) is 0 Å². The van der Waals surface area contributed by atoms with Crippen LogP contribution in [-0.2, 0) is 12.8 Å². The van der Waals surface area contributed by atoms with Crippen molar-refractivity contribution in [2.75, 3.05) is 0 Å². The highest BCUT2D eigenvalue weighted by atomic mass is 79.9. The summed E-state index contributed by atoms with van der Waals surface area (Å²) in [6.45, 7) is 2.04. The molecule has 1 heterocycles. The molecule has 2 aromatic rings. The molecule has 0 fully saturated rings. The van der Waals surface area contributed by atoms with Gasteiger partial charge in [0, 0.05) is 21.1 Å². The Hall–Kier alpha value is -1.09. The zero-order chi connectivity index (χ0) is 12.0. The van der Waals surface area contributed by atoms with Crippen molar-refractivity contribution >= 4 is 26.8 Å². The highest BCUT2D eigenvalue weighted by Gasteiger charge is 2.16. The Balaban J connectivity index is 2.44. The number of aromatic nitrogens is 1. The van der Waals surface area contributed by atoms with Gasteiger partial charge in [-0.3, -0.25) is 4.79 Å². The molecule has 0 atom stereocenters. The normalized spacial score (nSPS) is 14.9. The molecule has 17 heavy (non-hydrogen) atoms. The second-order valence-electron chi connectivity index (χ2n) is 4.74. The van der Waals surface area contributed by atoms with E-state index in [4.69, 9.17) is 0 Å². The second kappa shape index (κ2) is 3.98. The molecule has 2 nitrogen and oxygen atoms in total. The van der Waals surface area contributed by atoms with E-state index in [0.29, 0.717) is 0 Å². The third-order valence-corrected chi connectivity index (χ3v) is 4.62. The van der Waals surface area contributed by atoms with E-state index >= 15 is 0 Å². The van der Waals surface area contributed by atoms with Gasteiger partial charge in [-0.25, -0.2) is 0 Å². The number of aryl methyl sites for hydroxylation is 2. The number of rotatable bonds is 0. The molecule has 1 aromatic carbocycles. The van der Waals surface area contributed by atoms with Crippen molar-refractivity contribution in [3.63, 3.8) is 0 Å². The van der Waals surface area contributed by atoms with Crippen LogP contribution in [0.4, 0.5) is 0 Å². The van der Waals surface area contributed by atoms with E-state index in [1.807, 2.05) is 19.1 Å². The number of H-pyrrole nitrogens is 1. The standard InChI is InChI=1S/C14H14BrNO/c1-8-6-7-10-13(12(8)15)16-11-5-3-2-4-9(11)14(10)17/h6-7H,2-5H2,1H3,(H,16,17). The number of fused-ring (bicyclic) bond motifs is 2. The van der Waals surface area contributed by atoms with E-state index < -0.39 is 0 Å². The van der Waals surface area contributed by atoms with Crippen LogP contribution < -0.4 is 5.43 Å². The van der Waals surface area contributed by atoms with E-state index in [9.17, 15) is 4.79 Å². The van der Waals surface area contributed by atoms with Crippen LogP contribution in [0.3, 0.4) is 0 Å². The minimum Gasteiger partial charge on any atom is -0.357 e. The van der Waals surface area contributed by atoms with Crippen LogP contribution in [0.1, 0.15) is 29.7 Å². The van der Waals surface area contributed by atoms with Gasteiger partial charge in [0.25, 0.3) is 0 Å². The minimum absolute atomic E-state index is 0.217. The fraction of sp³-hybridized carbons (Fsp3) is 0.357. The quantitative estimate of drug-likeness (QED) is 0.792. The number of aromatic amines is 1. The lowest BCUT2D eigenvalue weighted by Gasteiger charge is -2.16. The monoisotopic (exact) mass is 291 g/mol. The maximum atomic E-state index is 12.4. The minimum atomic E-state index is 0.217. The zero-order valence-electron chi connectivity index (χ0n) is 9.77. The summed E-state index contributed by atoms with van der Waals surface area (Å²) < 4.78 is 1.01. The maximum absolute atomic E-state index is 12.4. The molecule has 0 unspecified atom stereocenters. The Morgan fingerprint density at radius 1 is 1.24 bits per heavy atom. The molecule has 0 radical (unpaired) electrons. The molecule has 0 spiro atoms. The fourth-order valence-electron chi connectivity index (χ4n) is 2.60. The Morgan fingerprint density at radius 2 is 2.00 bits per heavy atom. The molecule has 0 bridgehead atoms. The summed E-state index contributed by atoms with van der Waals surface area (Å²) in [5, 5.41) is 0.808. The molecule has 0 amide bonds. The molecule has 1 N–H and O–H groups in total. The van der Waals surface area contributed by atoms with Gasteiger partial charge in [0.05, 0.1) is 5.52 Å². The molecule has 3 rings (SSSR count). The number of pyridine rings is 1. The van der Waals surface area contributed by atoms with Crippen molar-refractivity contribution in [1.82, 2.24) is 4.98 Å². The Labute approximate surface area is 108 Å². The Morgan fingerprint density at radius 3 is 2.82 bits per heavy atom. The molecule has 0 saturated heterocycles. The lowest BCUT2D eigenvalue weighted by molar-refractivity contribution is 0.667. The first-order valence-electron chi connectivity index (χ1n) is 6.01. The van der Waals surface area contributed by atoms with Crippen molar-refractivity contribution in [3.05, 3.63) is 43.6 Å². The fourth-order valence-corrected chi connectivity index (χ4v) is 3.04. The summed E-state index contributed by atoms with van der Waals surface area (Å²) in [6, 6.07) is 3.93. The number of hydrogen-bond donors (Lipinski definition) is 1. The number of hydrogen-bond acceptors (Lipinski definition) is 1. The summed E-state index contributed by atoms with van der Waals surface area (Å²) in [6.07, 6.45) is 4.24. The summed E-state index contributed by atoms with van der Waals surface area (Å²) in [5.41, 5.74) is 4.47. The predicted octanol–water partition coefficient (Wildman–Crippen LogP) is 3.48. The first kappa shape index (κ1) is 11.0. The lowest BCUT2D eigenvalue weighted by Crippen LogP contribution is -2.18. The summed E-state index contributed by atoms with van der Waals surface area (Å²) >= 11 is 3.57. The highest BCUT2D eigenvalue weighted by Crippen LogP contribution is 2.27. The molecular formula is C14H14BrNO. The number of halogens is 1. The third-order valence-electron chi connectivity index (χ3n) is 3.60. The molecule has 1 aliphatic carbocycles. The molecular weight excluding hydrogens is 278 g/mol. The van der Waals surface area contributed by atoms with Gasteiger partial charge in [-0.2, -0.15) is 0 Å². The van der Waals surface area contributed by atoms with Gasteiger partial charge in [0.1, 0.15) is 0 Å². The van der Waals surface area contributed by atoms with Crippen molar-refractivity contribution in [2.45, 2.75) is 32.6 Å². The van der Waals surface area contributed by atoms with Gasteiger partial charge in [-0.05, 0) is 60.2 Å². The predicted molar refractivity (Wildman–Crippen MR) is 73.6 cm³/mol. The maximum Gasteiger partial charge on any atom is 0.192 e. The lowest BCUT2D eigenvalue weighted by atomic mass is 9.94. The highest BCUT2D eigenvalue weighted by molar-refractivity contribution is 9.10. The van der Waals surface area contributed by atoms with Gasteiger partial charge in [-0.1, -0.05) is 6.07 Å². The van der Waals surface area contributed by atoms with E-state index in [1.165, 1.54) is 6.42 Å². The van der Waals surface area contributed by atoms with Crippen molar-refractivity contribution in [1.29, 1.82) is 0 Å². The second-order valence-corrected chi connectivity index (χ2v) is 5.53.